The third kappa shape index (κ3) is 4.48. The number of ether oxygens (including phenoxy) is 1. The number of methoxy groups -OCH3 is 1. The van der Waals surface area contributed by atoms with Crippen LogP contribution >= 0.6 is 0 Å². The molecule has 2 heteroatoms. The molecule has 4 rings (SSSR count). The van der Waals surface area contributed by atoms with E-state index in [1.165, 1.54) is 37.7 Å². The number of hydrogen-bond donors (Lipinski definition) is 0. The number of Topliss-reactive ketones (excluding diaryl/α,β-unsaturated/α-hetero) is 1. The maximum absolute atomic E-state index is 13.1. The van der Waals surface area contributed by atoms with Gasteiger partial charge in [-0.15, -0.1) is 0 Å². The molecule has 0 amide bonds. The second kappa shape index (κ2) is 9.30. The van der Waals surface area contributed by atoms with Gasteiger partial charge in [-0.25, -0.2) is 0 Å². The Balaban J connectivity index is 1.50. The van der Waals surface area contributed by atoms with E-state index in [1.807, 2.05) is 43.3 Å². The van der Waals surface area contributed by atoms with Crippen LogP contribution in [0.4, 0.5) is 0 Å². The maximum Gasteiger partial charge on any atom is 0.167 e. The second-order valence-corrected chi connectivity index (χ2v) is 8.38. The van der Waals surface area contributed by atoms with E-state index in [1.54, 1.807) is 7.11 Å². The Morgan fingerprint density at radius 3 is 2.27 bits per heavy atom. The Morgan fingerprint density at radius 2 is 1.60 bits per heavy atom. The van der Waals surface area contributed by atoms with Gasteiger partial charge in [0.15, 0.2) is 5.78 Å². The fourth-order valence-corrected chi connectivity index (χ4v) is 4.65. The predicted octanol–water partition coefficient (Wildman–Crippen LogP) is 7.14. The Morgan fingerprint density at radius 1 is 0.900 bits per heavy atom. The molecule has 0 unspecified atom stereocenters. The molecule has 0 spiro atoms. The quantitative estimate of drug-likeness (QED) is 0.412. The van der Waals surface area contributed by atoms with E-state index in [4.69, 9.17) is 4.74 Å². The van der Waals surface area contributed by atoms with Crippen molar-refractivity contribution in [3.05, 3.63) is 89.0 Å². The first kappa shape index (κ1) is 20.4. The van der Waals surface area contributed by atoms with Crippen molar-refractivity contribution in [2.24, 2.45) is 0 Å². The lowest BCUT2D eigenvalue weighted by molar-refractivity contribution is 0.0992. The largest absolute Gasteiger partial charge is 0.497 e. The zero-order valence-electron chi connectivity index (χ0n) is 18.0. The smallest absolute Gasteiger partial charge is 0.167 e. The number of rotatable bonds is 6. The molecule has 1 fully saturated rings. The molecule has 0 aromatic heterocycles. The SMILES string of the molecule is COc1ccc(-c2cccc(C(=O)Cc3ccc(C4CCCCC4)cc3)c2C)cc1. The van der Waals surface area contributed by atoms with Gasteiger partial charge in [-0.1, -0.05) is 73.9 Å². The average Bonchev–Trinajstić information content (AvgIpc) is 2.80. The maximum atomic E-state index is 13.1. The van der Waals surface area contributed by atoms with Crippen LogP contribution in [0, 0.1) is 6.92 Å². The molecule has 154 valence electrons. The van der Waals surface area contributed by atoms with E-state index in [0.717, 1.165) is 33.6 Å². The predicted molar refractivity (Wildman–Crippen MR) is 123 cm³/mol. The number of hydrogen-bond acceptors (Lipinski definition) is 2. The highest BCUT2D eigenvalue weighted by atomic mass is 16.5. The summed E-state index contributed by atoms with van der Waals surface area (Å²) in [5, 5.41) is 0. The van der Waals surface area contributed by atoms with Gasteiger partial charge in [0.25, 0.3) is 0 Å². The fourth-order valence-electron chi connectivity index (χ4n) is 4.65. The summed E-state index contributed by atoms with van der Waals surface area (Å²) < 4.78 is 5.26. The number of carbonyl (C=O) groups excluding carboxylic acids is 1. The monoisotopic (exact) mass is 398 g/mol. The zero-order valence-corrected chi connectivity index (χ0v) is 18.0. The minimum absolute atomic E-state index is 0.174. The molecular formula is C28H30O2. The molecule has 30 heavy (non-hydrogen) atoms. The standard InChI is InChI=1S/C28H30O2/c1-20-26(24-15-17-25(30-2)18-16-24)9-6-10-27(20)28(29)19-21-11-13-23(14-12-21)22-7-4-3-5-8-22/h6,9-18,22H,3-5,7-8,19H2,1-2H3. The summed E-state index contributed by atoms with van der Waals surface area (Å²) in [6.45, 7) is 2.04. The fraction of sp³-hybridized carbons (Fsp3) is 0.321. The molecule has 0 bridgehead atoms. The normalized spacial score (nSPS) is 14.5. The Kier molecular flexibility index (Phi) is 6.32. The van der Waals surface area contributed by atoms with Crippen LogP contribution in [0.3, 0.4) is 0 Å². The lowest BCUT2D eigenvalue weighted by Gasteiger charge is -2.22. The molecule has 0 N–H and O–H groups in total. The molecule has 1 aliphatic carbocycles. The Labute approximate surface area is 179 Å². The average molecular weight is 399 g/mol. The first-order valence-corrected chi connectivity index (χ1v) is 11.0. The summed E-state index contributed by atoms with van der Waals surface area (Å²) in [4.78, 5) is 13.1. The van der Waals surface area contributed by atoms with Gasteiger partial charge >= 0.3 is 0 Å². The van der Waals surface area contributed by atoms with Gasteiger partial charge in [0.05, 0.1) is 7.11 Å². The van der Waals surface area contributed by atoms with Crippen LogP contribution in [0.1, 0.15) is 65.1 Å². The van der Waals surface area contributed by atoms with Crippen molar-refractivity contribution in [2.75, 3.05) is 7.11 Å². The van der Waals surface area contributed by atoms with E-state index >= 15 is 0 Å². The molecule has 2 nitrogen and oxygen atoms in total. The van der Waals surface area contributed by atoms with E-state index in [9.17, 15) is 4.79 Å². The number of ketones is 1. The highest BCUT2D eigenvalue weighted by Gasteiger charge is 2.16. The third-order valence-electron chi connectivity index (χ3n) is 6.46. The lowest BCUT2D eigenvalue weighted by Crippen LogP contribution is -2.07. The molecule has 1 saturated carbocycles. The summed E-state index contributed by atoms with van der Waals surface area (Å²) in [5.74, 6) is 1.71. The minimum Gasteiger partial charge on any atom is -0.497 e. The molecule has 0 radical (unpaired) electrons. The van der Waals surface area contributed by atoms with Crippen LogP contribution in [0.25, 0.3) is 11.1 Å². The first-order valence-electron chi connectivity index (χ1n) is 11.0. The van der Waals surface area contributed by atoms with Crippen molar-refractivity contribution in [1.29, 1.82) is 0 Å². The first-order chi connectivity index (χ1) is 14.7. The molecule has 0 aliphatic heterocycles. The van der Waals surface area contributed by atoms with Gasteiger partial charge in [-0.2, -0.15) is 0 Å². The van der Waals surface area contributed by atoms with Crippen molar-refractivity contribution in [2.45, 2.75) is 51.4 Å². The van der Waals surface area contributed by atoms with Crippen LogP contribution in [0.5, 0.6) is 5.75 Å². The summed E-state index contributed by atoms with van der Waals surface area (Å²) in [5.41, 5.74) is 6.56. The van der Waals surface area contributed by atoms with Gasteiger partial charge in [0.1, 0.15) is 5.75 Å². The van der Waals surface area contributed by atoms with Crippen LogP contribution < -0.4 is 4.74 Å². The number of benzene rings is 3. The molecule has 3 aromatic carbocycles. The molecule has 3 aromatic rings. The second-order valence-electron chi connectivity index (χ2n) is 8.38. The van der Waals surface area contributed by atoms with Crippen molar-refractivity contribution >= 4 is 5.78 Å². The zero-order chi connectivity index (χ0) is 20.9. The summed E-state index contributed by atoms with van der Waals surface area (Å²) >= 11 is 0. The van der Waals surface area contributed by atoms with Crippen molar-refractivity contribution in [3.63, 3.8) is 0 Å². The third-order valence-corrected chi connectivity index (χ3v) is 6.46. The molecule has 1 aliphatic rings. The van der Waals surface area contributed by atoms with E-state index in [2.05, 4.69) is 30.3 Å². The summed E-state index contributed by atoms with van der Waals surface area (Å²) in [6, 6.07) is 22.8. The van der Waals surface area contributed by atoms with Crippen molar-refractivity contribution in [1.82, 2.24) is 0 Å². The van der Waals surface area contributed by atoms with Crippen molar-refractivity contribution < 1.29 is 9.53 Å². The van der Waals surface area contributed by atoms with Crippen LogP contribution in [0.2, 0.25) is 0 Å². The van der Waals surface area contributed by atoms with Gasteiger partial charge < -0.3 is 4.74 Å². The van der Waals surface area contributed by atoms with Gasteiger partial charge in [-0.05, 0) is 65.6 Å². The van der Waals surface area contributed by atoms with Gasteiger partial charge in [0, 0.05) is 12.0 Å². The van der Waals surface area contributed by atoms with Crippen LogP contribution in [-0.4, -0.2) is 12.9 Å². The molecule has 0 saturated heterocycles. The van der Waals surface area contributed by atoms with Gasteiger partial charge in [0.2, 0.25) is 0 Å². The van der Waals surface area contributed by atoms with E-state index in [0.29, 0.717) is 12.3 Å². The van der Waals surface area contributed by atoms with Gasteiger partial charge in [-0.3, -0.25) is 4.79 Å². The highest BCUT2D eigenvalue weighted by Crippen LogP contribution is 2.33. The molecule has 0 atom stereocenters. The van der Waals surface area contributed by atoms with E-state index in [-0.39, 0.29) is 5.78 Å². The topological polar surface area (TPSA) is 26.3 Å². The Hall–Kier alpha value is -2.87. The molecule has 0 heterocycles. The van der Waals surface area contributed by atoms with Crippen LogP contribution in [0.15, 0.2) is 66.7 Å². The van der Waals surface area contributed by atoms with E-state index < -0.39 is 0 Å². The van der Waals surface area contributed by atoms with Crippen LogP contribution in [-0.2, 0) is 6.42 Å². The van der Waals surface area contributed by atoms with Crippen molar-refractivity contribution in [3.8, 4) is 16.9 Å². The minimum atomic E-state index is 0.174. The summed E-state index contributed by atoms with van der Waals surface area (Å²) in [7, 11) is 1.67. The summed E-state index contributed by atoms with van der Waals surface area (Å²) in [6.07, 6.45) is 7.10. The number of carbonyl (C=O) groups is 1. The lowest BCUT2D eigenvalue weighted by atomic mass is 9.83. The molecular weight excluding hydrogens is 368 g/mol. The highest BCUT2D eigenvalue weighted by molar-refractivity contribution is 6.00. The Bertz CT molecular complexity index is 994.